The summed E-state index contributed by atoms with van der Waals surface area (Å²) in [5.74, 6) is -0.0234. The topological polar surface area (TPSA) is 41.6 Å². The second kappa shape index (κ2) is 11.1. The molecule has 184 valence electrons. The average Bonchev–Trinajstić information content (AvgIpc) is 3.16. The van der Waals surface area contributed by atoms with Crippen LogP contribution < -0.4 is 5.32 Å². The van der Waals surface area contributed by atoms with Gasteiger partial charge in [0, 0.05) is 35.1 Å². The molecule has 0 aliphatic carbocycles. The molecule has 0 radical (unpaired) electrons. The third-order valence-corrected chi connectivity index (χ3v) is 7.04. The van der Waals surface area contributed by atoms with Gasteiger partial charge in [0.2, 0.25) is 0 Å². The number of halogens is 2. The second-order valence-corrected chi connectivity index (χ2v) is 10.3. The van der Waals surface area contributed by atoms with E-state index in [9.17, 15) is 4.79 Å². The molecule has 0 saturated carbocycles. The zero-order valence-electron chi connectivity index (χ0n) is 20.5. The minimum atomic E-state index is -0.599. The molecule has 1 N–H and O–H groups in total. The number of hydrogen-bond donors (Lipinski definition) is 1. The van der Waals surface area contributed by atoms with Gasteiger partial charge in [0.15, 0.2) is 0 Å². The number of benzene rings is 3. The lowest BCUT2D eigenvalue weighted by atomic mass is 9.87. The fourth-order valence-electron chi connectivity index (χ4n) is 4.67. The summed E-state index contributed by atoms with van der Waals surface area (Å²) in [5.41, 5.74) is 4.28. The van der Waals surface area contributed by atoms with E-state index in [-0.39, 0.29) is 11.9 Å². The molecule has 1 aliphatic rings. The van der Waals surface area contributed by atoms with Gasteiger partial charge in [-0.2, -0.15) is 5.06 Å². The van der Waals surface area contributed by atoms with E-state index in [0.29, 0.717) is 28.7 Å². The normalized spacial score (nSPS) is 20.2. The first kappa shape index (κ1) is 25.7. The van der Waals surface area contributed by atoms with Gasteiger partial charge in [-0.25, -0.2) is 0 Å². The Hall–Kier alpha value is -2.37. The van der Waals surface area contributed by atoms with E-state index in [1.807, 2.05) is 54.5 Å². The largest absolute Gasteiger partial charge is 0.352 e. The fourth-order valence-corrected chi connectivity index (χ4v) is 5.20. The molecule has 0 spiro atoms. The van der Waals surface area contributed by atoms with Gasteiger partial charge in [0.25, 0.3) is 5.91 Å². The SMILES string of the molecule is CCCCNC(=O)c1ccc(C2CC(C)(c3cc(Cl)cc(Cl)c3)ON2Cc2ccccc2)cc1C. The van der Waals surface area contributed by atoms with E-state index >= 15 is 0 Å². The molecule has 4 rings (SSSR count). The van der Waals surface area contributed by atoms with Crippen LogP contribution in [0.3, 0.4) is 0 Å². The minimum Gasteiger partial charge on any atom is -0.352 e. The number of carbonyl (C=O) groups is 1. The molecule has 1 amide bonds. The van der Waals surface area contributed by atoms with Crippen LogP contribution in [0.5, 0.6) is 0 Å². The highest BCUT2D eigenvalue weighted by molar-refractivity contribution is 6.34. The van der Waals surface area contributed by atoms with E-state index in [1.54, 1.807) is 6.07 Å². The van der Waals surface area contributed by atoms with E-state index in [1.165, 1.54) is 0 Å². The van der Waals surface area contributed by atoms with Crippen LogP contribution in [0, 0.1) is 6.92 Å². The average molecular weight is 511 g/mol. The quantitative estimate of drug-likeness (QED) is 0.316. The van der Waals surface area contributed by atoms with Crippen LogP contribution >= 0.6 is 23.2 Å². The van der Waals surface area contributed by atoms with Crippen molar-refractivity contribution >= 4 is 29.1 Å². The number of nitrogens with zero attached hydrogens (tertiary/aromatic N) is 1. The van der Waals surface area contributed by atoms with Crippen LogP contribution in [0.4, 0.5) is 0 Å². The van der Waals surface area contributed by atoms with Crippen molar-refractivity contribution in [2.45, 2.75) is 58.2 Å². The standard InChI is InChI=1S/C29H32Cl2N2O2/c1-4-5-13-32-28(34)26-12-11-22(14-20(26)2)27-18-29(3,23-15-24(30)17-25(31)16-23)35-33(27)19-21-9-7-6-8-10-21/h6-12,14-17,27H,4-5,13,18-19H2,1-3H3,(H,32,34). The molecular weight excluding hydrogens is 479 g/mol. The third kappa shape index (κ3) is 6.07. The molecule has 3 aromatic rings. The molecule has 1 heterocycles. The molecular formula is C29H32Cl2N2O2. The molecule has 35 heavy (non-hydrogen) atoms. The monoisotopic (exact) mass is 510 g/mol. The first-order valence-electron chi connectivity index (χ1n) is 12.1. The summed E-state index contributed by atoms with van der Waals surface area (Å²) in [6.07, 6.45) is 2.74. The highest BCUT2D eigenvalue weighted by atomic mass is 35.5. The van der Waals surface area contributed by atoms with E-state index in [4.69, 9.17) is 28.0 Å². The summed E-state index contributed by atoms with van der Waals surface area (Å²) in [7, 11) is 0. The van der Waals surface area contributed by atoms with Crippen LogP contribution in [0.1, 0.15) is 71.8 Å². The van der Waals surface area contributed by atoms with Crippen LogP contribution in [-0.4, -0.2) is 17.5 Å². The zero-order valence-corrected chi connectivity index (χ0v) is 22.0. The lowest BCUT2D eigenvalue weighted by molar-refractivity contribution is -0.210. The van der Waals surface area contributed by atoms with Crippen molar-refractivity contribution in [3.05, 3.63) is 105 Å². The predicted molar refractivity (Wildman–Crippen MR) is 143 cm³/mol. The van der Waals surface area contributed by atoms with E-state index in [0.717, 1.165) is 41.5 Å². The molecule has 0 aromatic heterocycles. The number of unbranched alkanes of at least 4 members (excludes halogenated alkanes) is 1. The summed E-state index contributed by atoms with van der Waals surface area (Å²) in [5, 5.41) is 6.23. The van der Waals surface area contributed by atoms with Gasteiger partial charge in [-0.1, -0.05) is 79.0 Å². The molecule has 1 aliphatic heterocycles. The van der Waals surface area contributed by atoms with Gasteiger partial charge in [-0.15, -0.1) is 0 Å². The number of nitrogens with one attached hydrogen (secondary N) is 1. The first-order valence-corrected chi connectivity index (χ1v) is 12.9. The van der Waals surface area contributed by atoms with Gasteiger partial charge in [-0.3, -0.25) is 9.63 Å². The highest BCUT2D eigenvalue weighted by Gasteiger charge is 2.44. The molecule has 0 bridgehead atoms. The van der Waals surface area contributed by atoms with Crippen molar-refractivity contribution in [1.82, 2.24) is 10.4 Å². The number of carbonyl (C=O) groups excluding carboxylic acids is 1. The van der Waals surface area contributed by atoms with Gasteiger partial charge >= 0.3 is 0 Å². The first-order chi connectivity index (χ1) is 16.8. The van der Waals surface area contributed by atoms with Crippen molar-refractivity contribution in [3.8, 4) is 0 Å². The Morgan fingerprint density at radius 1 is 1.09 bits per heavy atom. The number of hydroxylamine groups is 2. The van der Waals surface area contributed by atoms with Crippen LogP contribution in [0.15, 0.2) is 66.7 Å². The summed E-state index contributed by atoms with van der Waals surface area (Å²) >= 11 is 12.7. The lowest BCUT2D eigenvalue weighted by Crippen LogP contribution is -2.26. The minimum absolute atomic E-state index is 0.00568. The Kier molecular flexibility index (Phi) is 8.18. The Balaban J connectivity index is 1.65. The van der Waals surface area contributed by atoms with Crippen LogP contribution in [0.2, 0.25) is 10.0 Å². The van der Waals surface area contributed by atoms with Crippen LogP contribution in [-0.2, 0) is 17.0 Å². The van der Waals surface area contributed by atoms with Gasteiger partial charge in [0.1, 0.15) is 5.60 Å². The molecule has 1 saturated heterocycles. The zero-order chi connectivity index (χ0) is 25.0. The number of rotatable bonds is 8. The second-order valence-electron chi connectivity index (χ2n) is 9.44. The summed E-state index contributed by atoms with van der Waals surface area (Å²) in [6.45, 7) is 7.51. The molecule has 1 fully saturated rings. The van der Waals surface area contributed by atoms with Crippen molar-refractivity contribution < 1.29 is 9.63 Å². The maximum absolute atomic E-state index is 12.7. The molecule has 2 atom stereocenters. The van der Waals surface area contributed by atoms with Gasteiger partial charge < -0.3 is 5.32 Å². The van der Waals surface area contributed by atoms with Crippen molar-refractivity contribution in [3.63, 3.8) is 0 Å². The fraction of sp³-hybridized carbons (Fsp3) is 0.345. The predicted octanol–water partition coefficient (Wildman–Crippen LogP) is 7.63. The maximum Gasteiger partial charge on any atom is 0.251 e. The Morgan fingerprint density at radius 2 is 1.80 bits per heavy atom. The summed E-state index contributed by atoms with van der Waals surface area (Å²) in [4.78, 5) is 19.3. The van der Waals surface area contributed by atoms with Crippen LogP contribution in [0.25, 0.3) is 0 Å². The van der Waals surface area contributed by atoms with Gasteiger partial charge in [0.05, 0.1) is 6.04 Å². The summed E-state index contributed by atoms with van der Waals surface area (Å²) in [6, 6.07) is 21.9. The molecule has 3 aromatic carbocycles. The molecule has 6 heteroatoms. The van der Waals surface area contributed by atoms with E-state index in [2.05, 4.69) is 37.4 Å². The number of hydrogen-bond acceptors (Lipinski definition) is 3. The highest BCUT2D eigenvalue weighted by Crippen LogP contribution is 2.47. The number of aryl methyl sites for hydroxylation is 1. The Bertz CT molecular complexity index is 1160. The van der Waals surface area contributed by atoms with Crippen molar-refractivity contribution in [1.29, 1.82) is 0 Å². The number of amides is 1. The van der Waals surface area contributed by atoms with E-state index < -0.39 is 5.60 Å². The molecule has 2 unspecified atom stereocenters. The van der Waals surface area contributed by atoms with Crippen molar-refractivity contribution in [2.24, 2.45) is 0 Å². The smallest absolute Gasteiger partial charge is 0.251 e. The summed E-state index contributed by atoms with van der Waals surface area (Å²) < 4.78 is 0. The third-order valence-electron chi connectivity index (χ3n) is 6.60. The van der Waals surface area contributed by atoms with Gasteiger partial charge in [-0.05, 0) is 66.8 Å². The maximum atomic E-state index is 12.7. The Morgan fingerprint density at radius 3 is 2.46 bits per heavy atom. The lowest BCUT2D eigenvalue weighted by Gasteiger charge is -2.26. The molecule has 4 nitrogen and oxygen atoms in total. The Labute approximate surface area is 218 Å². The van der Waals surface area contributed by atoms with Crippen molar-refractivity contribution in [2.75, 3.05) is 6.54 Å².